The molecule has 0 fully saturated rings. The van der Waals surface area contributed by atoms with Gasteiger partial charge in [0, 0.05) is 26.7 Å². The van der Waals surface area contributed by atoms with E-state index in [2.05, 4.69) is 30.4 Å². The first kappa shape index (κ1) is 18.0. The van der Waals surface area contributed by atoms with Crippen LogP contribution in [0.4, 0.5) is 4.79 Å². The second kappa shape index (κ2) is 9.08. The van der Waals surface area contributed by atoms with E-state index in [4.69, 9.17) is 4.74 Å². The summed E-state index contributed by atoms with van der Waals surface area (Å²) in [4.78, 5) is 14.4. The predicted molar refractivity (Wildman–Crippen MR) is 96.7 cm³/mol. The molecule has 0 saturated carbocycles. The van der Waals surface area contributed by atoms with Crippen molar-refractivity contribution in [3.63, 3.8) is 0 Å². The van der Waals surface area contributed by atoms with Crippen LogP contribution >= 0.6 is 0 Å². The van der Waals surface area contributed by atoms with Crippen molar-refractivity contribution in [2.75, 3.05) is 13.7 Å². The highest BCUT2D eigenvalue weighted by Gasteiger charge is 2.15. The number of amides is 2. The minimum atomic E-state index is -0.0794. The third-order valence-corrected chi connectivity index (χ3v) is 3.90. The lowest BCUT2D eigenvalue weighted by molar-refractivity contribution is 0.115. The smallest absolute Gasteiger partial charge is 0.318 e. The van der Waals surface area contributed by atoms with Crippen molar-refractivity contribution in [3.05, 3.63) is 71.3 Å². The Kier molecular flexibility index (Phi) is 6.82. The molecule has 128 valence electrons. The first-order chi connectivity index (χ1) is 11.6. The molecule has 0 aliphatic carbocycles. The number of nitrogens with zero attached hydrogens (tertiary/aromatic N) is 1. The lowest BCUT2D eigenvalue weighted by atomic mass is 10.1. The number of carbonyl (C=O) groups is 1. The zero-order chi connectivity index (χ0) is 17.4. The summed E-state index contributed by atoms with van der Waals surface area (Å²) in [7, 11) is 1.64. The summed E-state index contributed by atoms with van der Waals surface area (Å²) >= 11 is 0. The van der Waals surface area contributed by atoms with Gasteiger partial charge in [-0.25, -0.2) is 4.79 Å². The number of aryl methyl sites for hydroxylation is 1. The molecule has 2 amide bonds. The molecule has 2 aromatic rings. The molecule has 1 N–H and O–H groups in total. The highest BCUT2D eigenvalue weighted by atomic mass is 16.5. The monoisotopic (exact) mass is 326 g/mol. The maximum Gasteiger partial charge on any atom is 0.318 e. The van der Waals surface area contributed by atoms with E-state index in [9.17, 15) is 4.79 Å². The molecule has 4 nitrogen and oxygen atoms in total. The Balaban J connectivity index is 2.09. The van der Waals surface area contributed by atoms with Gasteiger partial charge in [-0.15, -0.1) is 0 Å². The van der Waals surface area contributed by atoms with Gasteiger partial charge in [0.1, 0.15) is 0 Å². The van der Waals surface area contributed by atoms with Crippen LogP contribution in [-0.4, -0.2) is 30.7 Å². The normalized spacial score (nSPS) is 11.8. The van der Waals surface area contributed by atoms with Crippen molar-refractivity contribution in [2.45, 2.75) is 33.0 Å². The number of hydrogen-bond donors (Lipinski definition) is 1. The van der Waals surface area contributed by atoms with Gasteiger partial charge < -0.3 is 15.0 Å². The minimum absolute atomic E-state index is 0.00787. The molecule has 2 aromatic carbocycles. The predicted octanol–water partition coefficient (Wildman–Crippen LogP) is 3.74. The fourth-order valence-corrected chi connectivity index (χ4v) is 2.46. The maximum absolute atomic E-state index is 12.6. The molecule has 0 bridgehead atoms. The largest absolute Gasteiger partial charge is 0.380 e. The summed E-state index contributed by atoms with van der Waals surface area (Å²) in [5.41, 5.74) is 3.43. The van der Waals surface area contributed by atoms with Crippen molar-refractivity contribution in [1.82, 2.24) is 10.2 Å². The SMILES string of the molecule is CO[C@H](C)CNC(=O)N(Cc1ccccc1)Cc1cccc(C)c1. The molecule has 2 rings (SSSR count). The highest BCUT2D eigenvalue weighted by molar-refractivity contribution is 5.74. The number of rotatable bonds is 7. The van der Waals surface area contributed by atoms with Crippen LogP contribution in [0.15, 0.2) is 54.6 Å². The van der Waals surface area contributed by atoms with Crippen molar-refractivity contribution in [1.29, 1.82) is 0 Å². The second-order valence-corrected chi connectivity index (χ2v) is 6.06. The average Bonchev–Trinajstić information content (AvgIpc) is 2.59. The number of benzene rings is 2. The minimum Gasteiger partial charge on any atom is -0.380 e. The Labute approximate surface area is 144 Å². The van der Waals surface area contributed by atoms with E-state index < -0.39 is 0 Å². The summed E-state index contributed by atoms with van der Waals surface area (Å²) in [5, 5.41) is 2.95. The van der Waals surface area contributed by atoms with E-state index in [1.54, 1.807) is 7.11 Å². The van der Waals surface area contributed by atoms with Gasteiger partial charge in [0.25, 0.3) is 0 Å². The zero-order valence-electron chi connectivity index (χ0n) is 14.7. The molecule has 0 aliphatic heterocycles. The van der Waals surface area contributed by atoms with E-state index in [0.29, 0.717) is 19.6 Å². The molecule has 0 unspecified atom stereocenters. The third-order valence-electron chi connectivity index (χ3n) is 3.90. The first-order valence-electron chi connectivity index (χ1n) is 8.23. The Bertz CT molecular complexity index is 643. The molecular formula is C20H26N2O2. The topological polar surface area (TPSA) is 41.6 Å². The fourth-order valence-electron chi connectivity index (χ4n) is 2.46. The molecule has 24 heavy (non-hydrogen) atoms. The number of hydrogen-bond acceptors (Lipinski definition) is 2. The van der Waals surface area contributed by atoms with E-state index in [-0.39, 0.29) is 12.1 Å². The Morgan fingerprint density at radius 1 is 1.08 bits per heavy atom. The second-order valence-electron chi connectivity index (χ2n) is 6.06. The Morgan fingerprint density at radius 2 is 1.75 bits per heavy atom. The van der Waals surface area contributed by atoms with Crippen LogP contribution in [0.1, 0.15) is 23.6 Å². The van der Waals surface area contributed by atoms with Gasteiger partial charge in [-0.05, 0) is 25.0 Å². The van der Waals surface area contributed by atoms with Gasteiger partial charge in [0.15, 0.2) is 0 Å². The van der Waals surface area contributed by atoms with Crippen LogP contribution in [-0.2, 0) is 17.8 Å². The summed E-state index contributed by atoms with van der Waals surface area (Å²) < 4.78 is 5.20. The molecular weight excluding hydrogens is 300 g/mol. The number of urea groups is 1. The number of ether oxygens (including phenoxy) is 1. The van der Waals surface area contributed by atoms with Crippen LogP contribution in [0.3, 0.4) is 0 Å². The summed E-state index contributed by atoms with van der Waals surface area (Å²) in [6.07, 6.45) is -0.00787. The molecule has 4 heteroatoms. The van der Waals surface area contributed by atoms with Crippen molar-refractivity contribution < 1.29 is 9.53 Å². The number of carbonyl (C=O) groups excluding carboxylic acids is 1. The molecule has 1 atom stereocenters. The van der Waals surface area contributed by atoms with Gasteiger partial charge in [0.2, 0.25) is 0 Å². The molecule has 0 spiro atoms. The number of methoxy groups -OCH3 is 1. The van der Waals surface area contributed by atoms with Crippen molar-refractivity contribution in [2.24, 2.45) is 0 Å². The van der Waals surface area contributed by atoms with Crippen molar-refractivity contribution in [3.8, 4) is 0 Å². The first-order valence-corrected chi connectivity index (χ1v) is 8.23. The van der Waals surface area contributed by atoms with E-state index in [0.717, 1.165) is 11.1 Å². The average molecular weight is 326 g/mol. The standard InChI is InChI=1S/C20H26N2O2/c1-16-8-7-11-19(12-16)15-22(14-18-9-5-4-6-10-18)20(23)21-13-17(2)24-3/h4-12,17H,13-15H2,1-3H3,(H,21,23)/t17-/m1/s1. The summed E-state index contributed by atoms with van der Waals surface area (Å²) in [6, 6.07) is 18.2. The third kappa shape index (κ3) is 5.70. The number of nitrogens with one attached hydrogen (secondary N) is 1. The maximum atomic E-state index is 12.6. The van der Waals surface area contributed by atoms with Gasteiger partial charge in [-0.3, -0.25) is 0 Å². The zero-order valence-corrected chi connectivity index (χ0v) is 14.7. The van der Waals surface area contributed by atoms with Gasteiger partial charge in [-0.1, -0.05) is 60.2 Å². The summed E-state index contributed by atoms with van der Waals surface area (Å²) in [5.74, 6) is 0. The molecule has 0 aliphatic rings. The van der Waals surface area contributed by atoms with Gasteiger partial charge in [-0.2, -0.15) is 0 Å². The molecule has 0 aromatic heterocycles. The van der Waals surface area contributed by atoms with Crippen LogP contribution in [0.25, 0.3) is 0 Å². The van der Waals surface area contributed by atoms with Crippen LogP contribution < -0.4 is 5.32 Å². The molecule has 0 heterocycles. The van der Waals surface area contributed by atoms with Crippen LogP contribution in [0.2, 0.25) is 0 Å². The lowest BCUT2D eigenvalue weighted by Crippen LogP contribution is -2.42. The van der Waals surface area contributed by atoms with Crippen LogP contribution in [0, 0.1) is 6.92 Å². The van der Waals surface area contributed by atoms with E-state index in [1.807, 2.05) is 48.2 Å². The van der Waals surface area contributed by atoms with Gasteiger partial charge in [0.05, 0.1) is 6.10 Å². The quantitative estimate of drug-likeness (QED) is 0.842. The van der Waals surface area contributed by atoms with E-state index in [1.165, 1.54) is 5.56 Å². The summed E-state index contributed by atoms with van der Waals surface area (Å²) in [6.45, 7) is 5.63. The van der Waals surface area contributed by atoms with Crippen molar-refractivity contribution >= 4 is 6.03 Å². The fraction of sp³-hybridized carbons (Fsp3) is 0.350. The Hall–Kier alpha value is -2.33. The highest BCUT2D eigenvalue weighted by Crippen LogP contribution is 2.12. The van der Waals surface area contributed by atoms with Gasteiger partial charge >= 0.3 is 6.03 Å². The molecule has 0 saturated heterocycles. The Morgan fingerprint density at radius 3 is 2.42 bits per heavy atom. The van der Waals surface area contributed by atoms with E-state index >= 15 is 0 Å². The molecule has 0 radical (unpaired) electrons. The van der Waals surface area contributed by atoms with Crippen LogP contribution in [0.5, 0.6) is 0 Å². The lowest BCUT2D eigenvalue weighted by Gasteiger charge is -2.24.